The molecule has 11 heteroatoms. The van der Waals surface area contributed by atoms with E-state index in [0.29, 0.717) is 11.4 Å². The molecule has 0 radical (unpaired) electrons. The van der Waals surface area contributed by atoms with E-state index < -0.39 is 24.3 Å². The van der Waals surface area contributed by atoms with Gasteiger partial charge in [0.15, 0.2) is 6.61 Å². The van der Waals surface area contributed by atoms with Crippen LogP contribution >= 0.6 is 34.4 Å². The van der Waals surface area contributed by atoms with Gasteiger partial charge in [-0.1, -0.05) is 12.1 Å². The number of rotatable bonds is 8. The molecule has 0 aliphatic carbocycles. The van der Waals surface area contributed by atoms with Crippen LogP contribution in [0.2, 0.25) is 0 Å². The molecule has 0 bridgehead atoms. The van der Waals surface area contributed by atoms with Crippen molar-refractivity contribution in [1.82, 2.24) is 10.4 Å². The van der Waals surface area contributed by atoms with Gasteiger partial charge >= 0.3 is 12.1 Å². The van der Waals surface area contributed by atoms with Crippen LogP contribution in [0.5, 0.6) is 5.75 Å². The Morgan fingerprint density at radius 1 is 1.27 bits per heavy atom. The maximum Gasteiger partial charge on any atom is 0.428 e. The molecule has 1 aromatic carbocycles. The number of amides is 1. The summed E-state index contributed by atoms with van der Waals surface area (Å²) >= 11 is 4.62. The molecule has 2 heterocycles. The van der Waals surface area contributed by atoms with Gasteiger partial charge in [0.2, 0.25) is 0 Å². The molecule has 1 amide bonds. The lowest BCUT2D eigenvalue weighted by atomic mass is 10.1. The van der Waals surface area contributed by atoms with Gasteiger partial charge in [0, 0.05) is 21.4 Å². The van der Waals surface area contributed by atoms with Crippen molar-refractivity contribution >= 4 is 52.7 Å². The van der Waals surface area contributed by atoms with Gasteiger partial charge < -0.3 is 14.6 Å². The SMILES string of the molecule is CSc1sc(C=NNC(=O)OC(C)(C)C)cc1-c1nc(-c2ccccc2OCC(=O)O)cs1. The van der Waals surface area contributed by atoms with E-state index in [1.807, 2.05) is 29.8 Å². The fraction of sp³-hybridized carbons (Fsp3) is 0.273. The van der Waals surface area contributed by atoms with E-state index >= 15 is 0 Å². The summed E-state index contributed by atoms with van der Waals surface area (Å²) in [6, 6.07) is 9.18. The van der Waals surface area contributed by atoms with Gasteiger partial charge in [-0.25, -0.2) is 20.0 Å². The molecule has 3 aromatic rings. The Labute approximate surface area is 203 Å². The number of hydrogen-bond donors (Lipinski definition) is 2. The fourth-order valence-corrected chi connectivity index (χ4v) is 5.40. The number of nitrogens with zero attached hydrogens (tertiary/aromatic N) is 2. The third-order valence-electron chi connectivity index (χ3n) is 3.90. The Kier molecular flexibility index (Phi) is 8.11. The Balaban J connectivity index is 1.79. The minimum Gasteiger partial charge on any atom is -0.481 e. The van der Waals surface area contributed by atoms with E-state index in [9.17, 15) is 9.59 Å². The fourth-order valence-electron chi connectivity index (χ4n) is 2.67. The van der Waals surface area contributed by atoms with E-state index in [-0.39, 0.29) is 0 Å². The molecular formula is C22H23N3O5S3. The number of hydrazone groups is 1. The lowest BCUT2D eigenvalue weighted by Crippen LogP contribution is -2.29. The van der Waals surface area contributed by atoms with Crippen LogP contribution in [0.3, 0.4) is 0 Å². The Hall–Kier alpha value is -2.89. The van der Waals surface area contributed by atoms with Crippen LogP contribution in [0.1, 0.15) is 25.6 Å². The van der Waals surface area contributed by atoms with E-state index in [1.54, 1.807) is 50.9 Å². The van der Waals surface area contributed by atoms with Crippen LogP contribution in [0.25, 0.3) is 21.8 Å². The number of aromatic nitrogens is 1. The molecular weight excluding hydrogens is 482 g/mol. The molecule has 0 fully saturated rings. The molecule has 2 aromatic heterocycles. The lowest BCUT2D eigenvalue weighted by molar-refractivity contribution is -0.139. The molecule has 3 rings (SSSR count). The van der Waals surface area contributed by atoms with Gasteiger partial charge in [0.1, 0.15) is 16.4 Å². The number of thiazole rings is 1. The standard InChI is InChI=1S/C22H23N3O5S3/c1-22(2,3)30-21(28)25-23-10-13-9-15(20(31-4)33-13)19-24-16(12-32-19)14-7-5-6-8-17(14)29-11-18(26)27/h5-10,12H,11H2,1-4H3,(H,25,28)(H,26,27). The van der Waals surface area contributed by atoms with E-state index in [0.717, 1.165) is 25.2 Å². The largest absolute Gasteiger partial charge is 0.481 e. The van der Waals surface area contributed by atoms with Crippen molar-refractivity contribution in [3.8, 4) is 27.6 Å². The number of aliphatic carboxylic acids is 1. The van der Waals surface area contributed by atoms with Gasteiger partial charge in [-0.05, 0) is 45.2 Å². The number of para-hydroxylation sites is 1. The van der Waals surface area contributed by atoms with Gasteiger partial charge in [-0.2, -0.15) is 5.10 Å². The maximum absolute atomic E-state index is 11.7. The number of thiophene rings is 1. The van der Waals surface area contributed by atoms with Crippen molar-refractivity contribution < 1.29 is 24.2 Å². The molecule has 0 unspecified atom stereocenters. The first-order valence-corrected chi connectivity index (χ1v) is 12.7. The number of carbonyl (C=O) groups is 2. The van der Waals surface area contributed by atoms with Gasteiger partial charge in [-0.3, -0.25) is 0 Å². The average Bonchev–Trinajstić information content (AvgIpc) is 3.38. The number of nitrogens with one attached hydrogen (secondary N) is 1. The first-order chi connectivity index (χ1) is 15.7. The molecule has 0 aliphatic heterocycles. The summed E-state index contributed by atoms with van der Waals surface area (Å²) in [6.07, 6.45) is 2.94. The predicted molar refractivity (Wildman–Crippen MR) is 133 cm³/mol. The van der Waals surface area contributed by atoms with E-state index in [1.165, 1.54) is 22.7 Å². The number of carbonyl (C=O) groups excluding carboxylic acids is 1. The second-order valence-electron chi connectivity index (χ2n) is 7.64. The molecule has 0 aliphatic rings. The van der Waals surface area contributed by atoms with Crippen molar-refractivity contribution in [2.75, 3.05) is 12.9 Å². The average molecular weight is 506 g/mol. The van der Waals surface area contributed by atoms with Gasteiger partial charge in [0.05, 0.1) is 16.1 Å². The number of thioether (sulfide) groups is 1. The van der Waals surface area contributed by atoms with Crippen molar-refractivity contribution in [3.63, 3.8) is 0 Å². The maximum atomic E-state index is 11.7. The molecule has 8 nitrogen and oxygen atoms in total. The Bertz CT molecular complexity index is 1160. The number of carboxylic acid groups (broad SMARTS) is 1. The molecule has 2 N–H and O–H groups in total. The summed E-state index contributed by atoms with van der Waals surface area (Å²) < 4.78 is 11.6. The Morgan fingerprint density at radius 2 is 2.03 bits per heavy atom. The topological polar surface area (TPSA) is 110 Å². The smallest absolute Gasteiger partial charge is 0.428 e. The minimum atomic E-state index is -1.04. The normalized spacial score (nSPS) is 11.5. The summed E-state index contributed by atoms with van der Waals surface area (Å²) in [5.41, 5.74) is 4.17. The molecule has 0 atom stereocenters. The van der Waals surface area contributed by atoms with Crippen molar-refractivity contribution in [2.24, 2.45) is 5.10 Å². The number of ether oxygens (including phenoxy) is 2. The number of benzene rings is 1. The summed E-state index contributed by atoms with van der Waals surface area (Å²) in [5, 5.41) is 15.6. The third-order valence-corrected chi connectivity index (χ3v) is 6.98. The third kappa shape index (κ3) is 7.04. The van der Waals surface area contributed by atoms with Gasteiger partial charge in [0.25, 0.3) is 0 Å². The van der Waals surface area contributed by atoms with Crippen molar-refractivity contribution in [2.45, 2.75) is 30.6 Å². The van der Waals surface area contributed by atoms with Crippen LogP contribution < -0.4 is 10.2 Å². The highest BCUT2D eigenvalue weighted by Gasteiger charge is 2.17. The monoisotopic (exact) mass is 505 g/mol. The van der Waals surface area contributed by atoms with Crippen LogP contribution in [0, 0.1) is 0 Å². The molecule has 0 saturated carbocycles. The van der Waals surface area contributed by atoms with Gasteiger partial charge in [-0.15, -0.1) is 34.4 Å². The minimum absolute atomic E-state index is 0.421. The second kappa shape index (κ2) is 10.8. The first kappa shape index (κ1) is 24.7. The first-order valence-electron chi connectivity index (χ1n) is 9.76. The van der Waals surface area contributed by atoms with Crippen LogP contribution in [0.4, 0.5) is 4.79 Å². The van der Waals surface area contributed by atoms with Crippen LogP contribution in [0.15, 0.2) is 45.0 Å². The number of hydrogen-bond acceptors (Lipinski definition) is 9. The van der Waals surface area contributed by atoms with E-state index in [2.05, 4.69) is 10.5 Å². The van der Waals surface area contributed by atoms with E-state index in [4.69, 9.17) is 19.6 Å². The lowest BCUT2D eigenvalue weighted by Gasteiger charge is -2.18. The second-order valence-corrected chi connectivity index (χ2v) is 10.7. The summed E-state index contributed by atoms with van der Waals surface area (Å²) in [7, 11) is 0. The summed E-state index contributed by atoms with van der Waals surface area (Å²) in [4.78, 5) is 28.2. The molecule has 0 spiro atoms. The zero-order chi connectivity index (χ0) is 24.0. The predicted octanol–water partition coefficient (Wildman–Crippen LogP) is 5.58. The van der Waals surface area contributed by atoms with Crippen molar-refractivity contribution in [1.29, 1.82) is 0 Å². The highest BCUT2D eigenvalue weighted by Crippen LogP contribution is 2.40. The zero-order valence-electron chi connectivity index (χ0n) is 18.4. The van der Waals surface area contributed by atoms with Crippen molar-refractivity contribution in [3.05, 3.63) is 40.6 Å². The molecule has 174 valence electrons. The molecule has 33 heavy (non-hydrogen) atoms. The highest BCUT2D eigenvalue weighted by atomic mass is 32.2. The number of carboxylic acids is 1. The molecule has 0 saturated heterocycles. The Morgan fingerprint density at radius 3 is 2.73 bits per heavy atom. The van der Waals surface area contributed by atoms with Crippen LogP contribution in [-0.4, -0.2) is 46.8 Å². The highest BCUT2D eigenvalue weighted by molar-refractivity contribution is 8.00. The van der Waals surface area contributed by atoms with Crippen LogP contribution in [-0.2, 0) is 9.53 Å². The quantitative estimate of drug-likeness (QED) is 0.233. The summed E-state index contributed by atoms with van der Waals surface area (Å²) in [5.74, 6) is -0.574. The zero-order valence-corrected chi connectivity index (χ0v) is 20.9. The summed E-state index contributed by atoms with van der Waals surface area (Å²) in [6.45, 7) is 4.93.